The largest absolute Gasteiger partial charge is 0.473 e. The van der Waals surface area contributed by atoms with Gasteiger partial charge in [-0.1, -0.05) is 10.3 Å². The Balaban J connectivity index is 2.49. The Morgan fingerprint density at radius 2 is 2.38 bits per heavy atom. The first kappa shape index (κ1) is 8.40. The van der Waals surface area contributed by atoms with Crippen molar-refractivity contribution in [2.24, 2.45) is 5.84 Å². The van der Waals surface area contributed by atoms with Crippen LogP contribution in [-0.4, -0.2) is 38.8 Å². The number of hydrazine groups is 1. The van der Waals surface area contributed by atoms with Gasteiger partial charge in [0, 0.05) is 0 Å². The first-order valence-electron chi connectivity index (χ1n) is 3.60. The molecule has 0 spiro atoms. The number of nitrogens with two attached hydrogens (primary N) is 1. The molecule has 2 rings (SSSR count). The van der Waals surface area contributed by atoms with Gasteiger partial charge in [0.1, 0.15) is 6.61 Å². The molecule has 0 saturated heterocycles. The number of amides is 1. The second-order valence-corrected chi connectivity index (χ2v) is 3.02. The quantitative estimate of drug-likeness (QED) is 0.318. The van der Waals surface area contributed by atoms with Crippen molar-refractivity contribution in [2.45, 2.75) is 0 Å². The molecule has 8 heteroatoms. The summed E-state index contributed by atoms with van der Waals surface area (Å²) in [5.41, 5.74) is 0.255. The van der Waals surface area contributed by atoms with E-state index < -0.39 is 0 Å². The van der Waals surface area contributed by atoms with Crippen LogP contribution < -0.4 is 10.6 Å². The highest BCUT2D eigenvalue weighted by atomic mass is 31.0. The van der Waals surface area contributed by atoms with Crippen molar-refractivity contribution in [3.63, 3.8) is 0 Å². The Labute approximate surface area is 76.0 Å². The van der Waals surface area contributed by atoms with Crippen molar-refractivity contribution < 1.29 is 9.53 Å². The van der Waals surface area contributed by atoms with Crippen LogP contribution in [0, 0.1) is 0 Å². The predicted octanol–water partition coefficient (Wildman–Crippen LogP) is -1.38. The molecule has 1 aromatic heterocycles. The van der Waals surface area contributed by atoms with Gasteiger partial charge >= 0.3 is 0 Å². The topological polar surface area (TPSA) is 86.3 Å². The third kappa shape index (κ3) is 1.26. The molecule has 1 aliphatic heterocycles. The fourth-order valence-electron chi connectivity index (χ4n) is 1.04. The van der Waals surface area contributed by atoms with Crippen LogP contribution in [0.1, 0.15) is 10.5 Å². The minimum absolute atomic E-state index is 0.230. The normalized spacial score (nSPS) is 16.5. The Bertz CT molecular complexity index is 351. The van der Waals surface area contributed by atoms with Crippen LogP contribution in [0.2, 0.25) is 0 Å². The third-order valence-electron chi connectivity index (χ3n) is 1.70. The number of carbonyl (C=O) groups excluding carboxylic acids is 1. The zero-order valence-corrected chi connectivity index (χ0v) is 7.83. The monoisotopic (exact) mass is 201 g/mol. The Hall–Kier alpha value is -1.20. The van der Waals surface area contributed by atoms with Crippen molar-refractivity contribution >= 4 is 15.3 Å². The van der Waals surface area contributed by atoms with Gasteiger partial charge < -0.3 is 4.74 Å². The molecule has 0 aromatic carbocycles. The van der Waals surface area contributed by atoms with Gasteiger partial charge in [0.25, 0.3) is 11.8 Å². The van der Waals surface area contributed by atoms with Gasteiger partial charge in [0.15, 0.2) is 5.69 Å². The van der Waals surface area contributed by atoms with Crippen molar-refractivity contribution in [1.29, 1.82) is 0 Å². The van der Waals surface area contributed by atoms with Crippen LogP contribution in [0.15, 0.2) is 0 Å². The zero-order valence-electron chi connectivity index (χ0n) is 6.67. The molecular formula is C5H8N5O2P. The number of hydrogen-bond acceptors (Lipinski definition) is 5. The number of carbonyl (C=O) groups is 1. The van der Waals surface area contributed by atoms with Crippen molar-refractivity contribution in [2.75, 3.05) is 13.2 Å². The van der Waals surface area contributed by atoms with E-state index in [0.717, 1.165) is 5.01 Å². The maximum absolute atomic E-state index is 11.5. The predicted molar refractivity (Wildman–Crippen MR) is 45.8 cm³/mol. The molecule has 13 heavy (non-hydrogen) atoms. The average molecular weight is 201 g/mol. The lowest BCUT2D eigenvalue weighted by Gasteiger charge is -2.11. The summed E-state index contributed by atoms with van der Waals surface area (Å²) in [5, 5.41) is 8.37. The van der Waals surface area contributed by atoms with Crippen LogP contribution >= 0.6 is 9.39 Å². The number of rotatable bonds is 0. The smallest absolute Gasteiger partial charge is 0.292 e. The molecule has 0 aliphatic carbocycles. The van der Waals surface area contributed by atoms with E-state index in [0.29, 0.717) is 13.2 Å². The molecule has 1 amide bonds. The Kier molecular flexibility index (Phi) is 1.90. The van der Waals surface area contributed by atoms with Crippen molar-refractivity contribution in [3.05, 3.63) is 5.69 Å². The Morgan fingerprint density at radius 1 is 1.62 bits per heavy atom. The SMILES string of the molecule is NN1CCOc2nnn(P)c2C1=O. The molecule has 2 N–H and O–H groups in total. The summed E-state index contributed by atoms with van der Waals surface area (Å²) in [6, 6.07) is 0. The Morgan fingerprint density at radius 3 is 3.15 bits per heavy atom. The summed E-state index contributed by atoms with van der Waals surface area (Å²) >= 11 is 0. The van der Waals surface area contributed by atoms with Crippen molar-refractivity contribution in [3.8, 4) is 5.88 Å². The standard InChI is InChI=1S/C5H8N5O2P/c6-9-1-2-12-4-3(5(9)11)10(13)8-7-4/h1-2,6,13H2. The highest BCUT2D eigenvalue weighted by molar-refractivity contribution is 7.14. The second kappa shape index (κ2) is 2.93. The fourth-order valence-corrected chi connectivity index (χ4v) is 1.32. The molecule has 1 unspecified atom stereocenters. The molecule has 0 saturated carbocycles. The lowest BCUT2D eigenvalue weighted by atomic mass is 10.4. The van der Waals surface area contributed by atoms with E-state index in [1.54, 1.807) is 0 Å². The summed E-state index contributed by atoms with van der Waals surface area (Å²) in [6.07, 6.45) is 0. The van der Waals surface area contributed by atoms with Gasteiger partial charge in [-0.3, -0.25) is 9.80 Å². The van der Waals surface area contributed by atoms with Gasteiger partial charge in [-0.2, -0.15) is 0 Å². The molecule has 0 bridgehead atoms. The van der Waals surface area contributed by atoms with E-state index in [1.165, 1.54) is 4.45 Å². The van der Waals surface area contributed by atoms with E-state index in [2.05, 4.69) is 19.7 Å². The molecule has 7 nitrogen and oxygen atoms in total. The third-order valence-corrected chi connectivity index (χ3v) is 2.06. The average Bonchev–Trinajstić information content (AvgIpc) is 2.39. The zero-order chi connectivity index (χ0) is 9.42. The summed E-state index contributed by atoms with van der Waals surface area (Å²) in [4.78, 5) is 11.5. The van der Waals surface area contributed by atoms with E-state index in [-0.39, 0.29) is 17.5 Å². The van der Waals surface area contributed by atoms with Crippen molar-refractivity contribution in [1.82, 2.24) is 19.8 Å². The lowest BCUT2D eigenvalue weighted by Crippen LogP contribution is -2.39. The first-order valence-corrected chi connectivity index (χ1v) is 4.12. The fraction of sp³-hybridized carbons (Fsp3) is 0.400. The van der Waals surface area contributed by atoms with Crippen LogP contribution in [-0.2, 0) is 0 Å². The van der Waals surface area contributed by atoms with Gasteiger partial charge in [0.2, 0.25) is 0 Å². The number of hydrogen-bond donors (Lipinski definition) is 1. The summed E-state index contributed by atoms with van der Waals surface area (Å²) in [7, 11) is 2.24. The molecule has 0 fully saturated rings. The van der Waals surface area contributed by atoms with Gasteiger partial charge in [-0.15, -0.1) is 0 Å². The van der Waals surface area contributed by atoms with Gasteiger partial charge in [0.05, 0.1) is 6.54 Å². The molecule has 1 aliphatic rings. The highest BCUT2D eigenvalue weighted by Crippen LogP contribution is 2.19. The molecule has 70 valence electrons. The van der Waals surface area contributed by atoms with E-state index in [4.69, 9.17) is 10.6 Å². The van der Waals surface area contributed by atoms with E-state index >= 15 is 0 Å². The summed E-state index contributed by atoms with van der Waals surface area (Å²) < 4.78 is 6.43. The molecule has 0 radical (unpaired) electrons. The minimum atomic E-state index is -0.340. The van der Waals surface area contributed by atoms with E-state index in [9.17, 15) is 4.79 Å². The lowest BCUT2D eigenvalue weighted by molar-refractivity contribution is 0.0748. The second-order valence-electron chi connectivity index (χ2n) is 2.53. The summed E-state index contributed by atoms with van der Waals surface area (Å²) in [6.45, 7) is 0.679. The minimum Gasteiger partial charge on any atom is -0.473 e. The molecule has 2 heterocycles. The highest BCUT2D eigenvalue weighted by Gasteiger charge is 2.26. The van der Waals surface area contributed by atoms with Gasteiger partial charge in [-0.25, -0.2) is 10.3 Å². The van der Waals surface area contributed by atoms with Crippen LogP contribution in [0.5, 0.6) is 5.88 Å². The number of nitrogens with zero attached hydrogens (tertiary/aromatic N) is 4. The van der Waals surface area contributed by atoms with Crippen LogP contribution in [0.4, 0.5) is 0 Å². The molecular weight excluding hydrogens is 193 g/mol. The molecule has 1 aromatic rings. The van der Waals surface area contributed by atoms with Crippen LogP contribution in [0.25, 0.3) is 0 Å². The maximum atomic E-state index is 11.5. The first-order chi connectivity index (χ1) is 6.20. The van der Waals surface area contributed by atoms with Gasteiger partial charge in [-0.05, 0) is 9.39 Å². The van der Waals surface area contributed by atoms with E-state index in [1.807, 2.05) is 0 Å². The summed E-state index contributed by atoms with van der Waals surface area (Å²) in [5.74, 6) is 5.34. The number of aromatic nitrogens is 3. The molecule has 1 atom stereocenters. The van der Waals surface area contributed by atoms with Crippen LogP contribution in [0.3, 0.4) is 0 Å². The number of ether oxygens (including phenoxy) is 1. The maximum Gasteiger partial charge on any atom is 0.292 e. The number of fused-ring (bicyclic) bond motifs is 1.